The largest absolute Gasteiger partial charge is 0.388 e. The molecule has 0 aromatic carbocycles. The first kappa shape index (κ1) is 15.3. The van der Waals surface area contributed by atoms with E-state index in [4.69, 9.17) is 18.0 Å². The predicted octanol–water partition coefficient (Wildman–Crippen LogP) is 1.43. The van der Waals surface area contributed by atoms with Gasteiger partial charge in [-0.15, -0.1) is 0 Å². The average Bonchev–Trinajstić information content (AvgIpc) is 2.82. The Bertz CT molecular complexity index is 601. The maximum absolute atomic E-state index is 12.3. The first-order valence-corrected chi connectivity index (χ1v) is 8.54. The zero-order chi connectivity index (χ0) is 14.8. The van der Waals surface area contributed by atoms with Crippen LogP contribution >= 0.6 is 12.2 Å². The van der Waals surface area contributed by atoms with Crippen molar-refractivity contribution in [1.82, 2.24) is 9.71 Å². The average molecular weight is 313 g/mol. The zero-order valence-electron chi connectivity index (χ0n) is 11.4. The van der Waals surface area contributed by atoms with Crippen LogP contribution in [0.5, 0.6) is 0 Å². The molecule has 5 nitrogen and oxygen atoms in total. The molecule has 2 atom stereocenters. The van der Waals surface area contributed by atoms with Gasteiger partial charge in [-0.3, -0.25) is 4.98 Å². The Morgan fingerprint density at radius 3 is 2.90 bits per heavy atom. The Hall–Kier alpha value is -1.05. The van der Waals surface area contributed by atoms with Crippen LogP contribution in [-0.2, 0) is 10.0 Å². The van der Waals surface area contributed by atoms with Crippen molar-refractivity contribution in [3.8, 4) is 0 Å². The van der Waals surface area contributed by atoms with Crippen molar-refractivity contribution in [2.75, 3.05) is 6.54 Å². The molecule has 20 heavy (non-hydrogen) atoms. The fourth-order valence-corrected chi connectivity index (χ4v) is 4.12. The highest BCUT2D eigenvalue weighted by Crippen LogP contribution is 2.30. The normalized spacial score (nSPS) is 22.9. The Morgan fingerprint density at radius 1 is 1.55 bits per heavy atom. The molecular formula is C13H19N3O2S2. The summed E-state index contributed by atoms with van der Waals surface area (Å²) < 4.78 is 27.3. The van der Waals surface area contributed by atoms with E-state index in [0.29, 0.717) is 18.4 Å². The van der Waals surface area contributed by atoms with E-state index in [2.05, 4.69) is 16.6 Å². The van der Waals surface area contributed by atoms with Gasteiger partial charge < -0.3 is 5.73 Å². The minimum atomic E-state index is -3.62. The highest BCUT2D eigenvalue weighted by molar-refractivity contribution is 7.89. The molecule has 1 saturated carbocycles. The van der Waals surface area contributed by atoms with Crippen LogP contribution in [0.25, 0.3) is 0 Å². The van der Waals surface area contributed by atoms with E-state index in [1.807, 2.05) is 0 Å². The van der Waals surface area contributed by atoms with Gasteiger partial charge in [0, 0.05) is 12.7 Å². The Balaban J connectivity index is 2.12. The second kappa shape index (κ2) is 6.15. The zero-order valence-corrected chi connectivity index (χ0v) is 13.0. The lowest BCUT2D eigenvalue weighted by atomic mass is 10.1. The number of aromatic nitrogens is 1. The molecule has 110 valence electrons. The molecule has 1 aromatic rings. The van der Waals surface area contributed by atoms with Crippen molar-refractivity contribution in [3.63, 3.8) is 0 Å². The molecule has 0 amide bonds. The third-order valence-electron chi connectivity index (χ3n) is 3.66. The molecule has 2 rings (SSSR count). The van der Waals surface area contributed by atoms with E-state index in [1.165, 1.54) is 12.3 Å². The van der Waals surface area contributed by atoms with Gasteiger partial charge in [-0.05, 0) is 36.8 Å². The highest BCUT2D eigenvalue weighted by Gasteiger charge is 2.25. The van der Waals surface area contributed by atoms with Crippen molar-refractivity contribution < 1.29 is 8.42 Å². The number of pyridine rings is 1. The van der Waals surface area contributed by atoms with Gasteiger partial charge in [0.25, 0.3) is 0 Å². The minimum Gasteiger partial charge on any atom is -0.388 e. The first-order valence-electron chi connectivity index (χ1n) is 6.64. The highest BCUT2D eigenvalue weighted by atomic mass is 32.2. The molecule has 7 heteroatoms. The predicted molar refractivity (Wildman–Crippen MR) is 81.8 cm³/mol. The molecular weight excluding hydrogens is 294 g/mol. The third kappa shape index (κ3) is 3.53. The van der Waals surface area contributed by atoms with Crippen molar-refractivity contribution in [2.24, 2.45) is 17.6 Å². The lowest BCUT2D eigenvalue weighted by Crippen LogP contribution is -2.30. The van der Waals surface area contributed by atoms with Crippen LogP contribution in [0.1, 0.15) is 31.9 Å². The number of sulfonamides is 1. The fourth-order valence-electron chi connectivity index (χ4n) is 2.61. The van der Waals surface area contributed by atoms with Gasteiger partial charge in [-0.2, -0.15) is 0 Å². The molecule has 0 aliphatic heterocycles. The second-order valence-electron chi connectivity index (χ2n) is 5.35. The van der Waals surface area contributed by atoms with Gasteiger partial charge in [0.05, 0.1) is 0 Å². The van der Waals surface area contributed by atoms with E-state index in [9.17, 15) is 8.42 Å². The maximum atomic E-state index is 12.3. The lowest BCUT2D eigenvalue weighted by molar-refractivity contribution is 0.498. The SMILES string of the molecule is CC1CCC(CNS(=O)(=O)c2cccnc2C(N)=S)C1. The van der Waals surface area contributed by atoms with Gasteiger partial charge in [0.15, 0.2) is 0 Å². The molecule has 0 bridgehead atoms. The maximum Gasteiger partial charge on any atom is 0.242 e. The van der Waals surface area contributed by atoms with Crippen LogP contribution in [-0.4, -0.2) is 24.9 Å². The molecule has 0 radical (unpaired) electrons. The number of nitrogens with one attached hydrogen (secondary N) is 1. The van der Waals surface area contributed by atoms with E-state index in [1.54, 1.807) is 6.07 Å². The molecule has 0 spiro atoms. The van der Waals surface area contributed by atoms with Crippen molar-refractivity contribution >= 4 is 27.2 Å². The van der Waals surface area contributed by atoms with Crippen LogP contribution in [0.2, 0.25) is 0 Å². The van der Waals surface area contributed by atoms with Crippen LogP contribution in [0.15, 0.2) is 23.2 Å². The lowest BCUT2D eigenvalue weighted by Gasteiger charge is -2.13. The van der Waals surface area contributed by atoms with Crippen molar-refractivity contribution in [3.05, 3.63) is 24.0 Å². The summed E-state index contributed by atoms with van der Waals surface area (Å²) >= 11 is 4.85. The van der Waals surface area contributed by atoms with Gasteiger partial charge >= 0.3 is 0 Å². The van der Waals surface area contributed by atoms with Crippen LogP contribution in [0.3, 0.4) is 0 Å². The summed E-state index contributed by atoms with van der Waals surface area (Å²) in [5, 5.41) is 0. The molecule has 3 N–H and O–H groups in total. The van der Waals surface area contributed by atoms with E-state index >= 15 is 0 Å². The monoisotopic (exact) mass is 313 g/mol. The van der Waals surface area contributed by atoms with Crippen LogP contribution in [0.4, 0.5) is 0 Å². The van der Waals surface area contributed by atoms with Crippen LogP contribution in [0, 0.1) is 11.8 Å². The smallest absolute Gasteiger partial charge is 0.242 e. The molecule has 1 aliphatic rings. The quantitative estimate of drug-likeness (QED) is 0.803. The number of hydrogen-bond acceptors (Lipinski definition) is 4. The van der Waals surface area contributed by atoms with Gasteiger partial charge in [0.2, 0.25) is 10.0 Å². The van der Waals surface area contributed by atoms with Gasteiger partial charge in [-0.1, -0.05) is 25.6 Å². The summed E-state index contributed by atoms with van der Waals surface area (Å²) in [6, 6.07) is 3.04. The Morgan fingerprint density at radius 2 is 2.30 bits per heavy atom. The first-order chi connectivity index (χ1) is 9.40. The van der Waals surface area contributed by atoms with Gasteiger partial charge in [0.1, 0.15) is 15.6 Å². The second-order valence-corrected chi connectivity index (χ2v) is 7.53. The minimum absolute atomic E-state index is 0.0135. The van der Waals surface area contributed by atoms with E-state index in [0.717, 1.165) is 19.3 Å². The standard InChI is InChI=1S/C13H19N3O2S2/c1-9-4-5-10(7-9)8-16-20(17,18)11-3-2-6-15-12(11)13(14)19/h2-3,6,9-10,16H,4-5,7-8H2,1H3,(H2,14,19). The summed E-state index contributed by atoms with van der Waals surface area (Å²) in [5.74, 6) is 1.08. The topological polar surface area (TPSA) is 85.1 Å². The molecule has 1 aliphatic carbocycles. The van der Waals surface area contributed by atoms with Crippen LogP contribution < -0.4 is 10.5 Å². The number of thiocarbonyl (C=S) groups is 1. The molecule has 1 aromatic heterocycles. The molecule has 1 heterocycles. The fraction of sp³-hybridized carbons (Fsp3) is 0.538. The summed E-state index contributed by atoms with van der Waals surface area (Å²) in [7, 11) is -3.62. The number of rotatable bonds is 5. The summed E-state index contributed by atoms with van der Waals surface area (Å²) in [4.78, 5) is 3.99. The Kier molecular flexibility index (Phi) is 4.72. The summed E-state index contributed by atoms with van der Waals surface area (Å²) in [6.45, 7) is 2.65. The summed E-state index contributed by atoms with van der Waals surface area (Å²) in [6.07, 6.45) is 4.78. The van der Waals surface area contributed by atoms with E-state index < -0.39 is 10.0 Å². The molecule has 0 saturated heterocycles. The third-order valence-corrected chi connectivity index (χ3v) is 5.31. The van der Waals surface area contributed by atoms with Crippen molar-refractivity contribution in [1.29, 1.82) is 0 Å². The van der Waals surface area contributed by atoms with Gasteiger partial charge in [-0.25, -0.2) is 13.1 Å². The molecule has 1 fully saturated rings. The number of nitrogens with two attached hydrogens (primary N) is 1. The molecule has 2 unspecified atom stereocenters. The van der Waals surface area contributed by atoms with Crippen molar-refractivity contribution in [2.45, 2.75) is 31.1 Å². The summed E-state index contributed by atoms with van der Waals surface area (Å²) in [5.41, 5.74) is 5.67. The van der Waals surface area contributed by atoms with E-state index in [-0.39, 0.29) is 15.6 Å². The Labute approximate surface area is 125 Å². The number of nitrogens with zero attached hydrogens (tertiary/aromatic N) is 1. The number of hydrogen-bond donors (Lipinski definition) is 2.